The Balaban J connectivity index is 1.17. The highest BCUT2D eigenvalue weighted by Gasteiger charge is 2.17. The highest BCUT2D eigenvalue weighted by atomic mass is 32.1. The molecule has 7 nitrogen and oxygen atoms in total. The molecule has 0 unspecified atom stereocenters. The van der Waals surface area contributed by atoms with Crippen LogP contribution in [0, 0.1) is 0 Å². The molecule has 0 aliphatic rings. The number of aryl methyl sites for hydroxylation is 4. The molecule has 0 saturated heterocycles. The van der Waals surface area contributed by atoms with Gasteiger partial charge in [-0.2, -0.15) is 0 Å². The summed E-state index contributed by atoms with van der Waals surface area (Å²) in [4.78, 5) is 31.4. The molecule has 0 N–H and O–H groups in total. The van der Waals surface area contributed by atoms with Crippen LogP contribution in [0.4, 0.5) is 0 Å². The predicted molar refractivity (Wildman–Crippen MR) is 275 cm³/mol. The van der Waals surface area contributed by atoms with E-state index in [1.165, 1.54) is 146 Å². The minimum absolute atomic E-state index is 0.711. The Bertz CT molecular complexity index is 2070. The maximum atomic E-state index is 6.99. The molecule has 9 heteroatoms. The lowest BCUT2D eigenvalue weighted by molar-refractivity contribution is 0.472. The fourth-order valence-electron chi connectivity index (χ4n) is 8.47. The summed E-state index contributed by atoms with van der Waals surface area (Å²) in [5.74, 6) is 3.12. The Morgan fingerprint density at radius 3 is 1.12 bits per heavy atom. The molecule has 6 rings (SSSR count). The zero-order valence-electron chi connectivity index (χ0n) is 40.2. The fraction of sp³-hybridized carbons (Fsp3) is 0.536. The van der Waals surface area contributed by atoms with Gasteiger partial charge in [-0.3, -0.25) is 0 Å². The third kappa shape index (κ3) is 17.1. The Morgan fingerprint density at radius 1 is 0.385 bits per heavy atom. The van der Waals surface area contributed by atoms with Crippen molar-refractivity contribution in [1.29, 1.82) is 0 Å². The Morgan fingerprint density at radius 2 is 0.754 bits per heavy atom. The zero-order valence-corrected chi connectivity index (χ0v) is 41.9. The molecule has 0 atom stereocenters. The molecule has 0 bridgehead atoms. The first-order valence-electron chi connectivity index (χ1n) is 25.5. The first-order valence-corrected chi connectivity index (χ1v) is 27.1. The number of hydrogen-bond acceptors (Lipinski definition) is 9. The topological polar surface area (TPSA) is 86.6 Å². The number of benzene rings is 2. The van der Waals surface area contributed by atoms with E-state index >= 15 is 0 Å². The summed E-state index contributed by atoms with van der Waals surface area (Å²) in [6, 6.07) is 12.8. The molecule has 2 aromatic carbocycles. The zero-order chi connectivity index (χ0) is 45.3. The lowest BCUT2D eigenvalue weighted by Gasteiger charge is -2.16. The van der Waals surface area contributed by atoms with Crippen LogP contribution in [0.25, 0.3) is 22.8 Å². The lowest BCUT2D eigenvalue weighted by atomic mass is 10.0. The Hall–Kier alpha value is -4.34. The van der Waals surface area contributed by atoms with Crippen molar-refractivity contribution >= 4 is 22.7 Å². The van der Waals surface area contributed by atoms with Crippen LogP contribution in [-0.2, 0) is 38.5 Å². The number of nitrogens with zero attached hydrogens (tertiary/aromatic N) is 6. The summed E-state index contributed by atoms with van der Waals surface area (Å²) in [6.07, 6.45) is 43.7. The number of hydrogen-bond donors (Lipinski definition) is 0. The largest absolute Gasteiger partial charge is 0.457 e. The summed E-state index contributed by atoms with van der Waals surface area (Å²) < 4.78 is 6.99. The summed E-state index contributed by atoms with van der Waals surface area (Å²) in [6.45, 7) is 8.98. The quantitative estimate of drug-likeness (QED) is 0.0390. The van der Waals surface area contributed by atoms with Crippen LogP contribution in [0.1, 0.15) is 198 Å². The average Bonchev–Trinajstić information content (AvgIpc) is 3.98. The van der Waals surface area contributed by atoms with E-state index in [-0.39, 0.29) is 0 Å². The molecular weight excluding hydrogens is 837 g/mol. The Labute approximate surface area is 399 Å². The van der Waals surface area contributed by atoms with E-state index in [0.717, 1.165) is 83.9 Å². The first-order chi connectivity index (χ1) is 32.0. The van der Waals surface area contributed by atoms with Gasteiger partial charge in [0.2, 0.25) is 0 Å². The van der Waals surface area contributed by atoms with Gasteiger partial charge < -0.3 is 4.74 Å². The molecule has 0 aliphatic heterocycles. The highest BCUT2D eigenvalue weighted by Crippen LogP contribution is 2.36. The summed E-state index contributed by atoms with van der Waals surface area (Å²) >= 11 is 3.58. The number of rotatable bonds is 32. The third-order valence-electron chi connectivity index (χ3n) is 12.3. The van der Waals surface area contributed by atoms with Gasteiger partial charge in [-0.1, -0.05) is 130 Å². The van der Waals surface area contributed by atoms with Crippen molar-refractivity contribution in [3.05, 3.63) is 116 Å². The van der Waals surface area contributed by atoms with Crippen LogP contribution < -0.4 is 4.74 Å². The van der Waals surface area contributed by atoms with Crippen LogP contribution >= 0.6 is 22.7 Å². The minimum atomic E-state index is 0.711. The van der Waals surface area contributed by atoms with Gasteiger partial charge in [-0.15, -0.1) is 22.7 Å². The molecular formula is C56H76N6OS2. The van der Waals surface area contributed by atoms with Crippen LogP contribution in [0.5, 0.6) is 11.5 Å². The fourth-order valence-corrected chi connectivity index (χ4v) is 10.6. The molecule has 348 valence electrons. The normalized spacial score (nSPS) is 11.4. The van der Waals surface area contributed by atoms with Crippen LogP contribution in [0.15, 0.2) is 73.6 Å². The lowest BCUT2D eigenvalue weighted by Crippen LogP contribution is -1.99. The molecule has 0 spiro atoms. The molecule has 4 aromatic heterocycles. The number of thiazole rings is 2. The average molecular weight is 913 g/mol. The third-order valence-corrected chi connectivity index (χ3v) is 14.4. The van der Waals surface area contributed by atoms with E-state index in [4.69, 9.17) is 34.6 Å². The highest BCUT2D eigenvalue weighted by molar-refractivity contribution is 7.11. The van der Waals surface area contributed by atoms with Gasteiger partial charge in [0.15, 0.2) is 11.6 Å². The van der Waals surface area contributed by atoms with Crippen LogP contribution in [0.2, 0.25) is 0 Å². The van der Waals surface area contributed by atoms with Gasteiger partial charge >= 0.3 is 0 Å². The van der Waals surface area contributed by atoms with Gasteiger partial charge in [0.05, 0.1) is 10.0 Å². The van der Waals surface area contributed by atoms with Crippen molar-refractivity contribution in [2.24, 2.45) is 0 Å². The summed E-state index contributed by atoms with van der Waals surface area (Å²) in [5, 5.41) is 2.35. The smallest absolute Gasteiger partial charge is 0.159 e. The molecule has 6 aromatic rings. The van der Waals surface area contributed by atoms with Crippen molar-refractivity contribution in [1.82, 2.24) is 29.9 Å². The molecule has 4 heterocycles. The number of ether oxygens (including phenoxy) is 1. The minimum Gasteiger partial charge on any atom is -0.457 e. The van der Waals surface area contributed by atoms with E-state index in [1.54, 1.807) is 22.7 Å². The second-order valence-corrected chi connectivity index (χ2v) is 20.4. The maximum Gasteiger partial charge on any atom is 0.159 e. The SMILES string of the molecule is CCCCCCCCCCCc1cnc(-c2ccc(Oc3ccc(-c4ncc(CCCCCCCCCCC)cn4)cc3Cc3cnc(CCC)s3)c(Cc3cnc(CCC)s3)c2)nc1. The molecule has 0 radical (unpaired) electrons. The van der Waals surface area contributed by atoms with E-state index in [1.807, 2.05) is 37.2 Å². The second-order valence-electron chi connectivity index (χ2n) is 18.0. The van der Waals surface area contributed by atoms with Crippen molar-refractivity contribution in [2.45, 2.75) is 195 Å². The van der Waals surface area contributed by atoms with Crippen molar-refractivity contribution in [3.63, 3.8) is 0 Å². The van der Waals surface area contributed by atoms with Gasteiger partial charge in [-0.05, 0) is 98.9 Å². The van der Waals surface area contributed by atoms with E-state index in [2.05, 4.69) is 64.1 Å². The number of unbranched alkanes of at least 4 members (excludes halogenated alkanes) is 16. The van der Waals surface area contributed by atoms with Gasteiger partial charge in [0.1, 0.15) is 11.5 Å². The molecule has 0 saturated carbocycles. The van der Waals surface area contributed by atoms with E-state index < -0.39 is 0 Å². The van der Waals surface area contributed by atoms with Crippen LogP contribution in [-0.4, -0.2) is 29.9 Å². The van der Waals surface area contributed by atoms with E-state index in [9.17, 15) is 0 Å². The van der Waals surface area contributed by atoms with Crippen molar-refractivity contribution in [2.75, 3.05) is 0 Å². The first kappa shape index (κ1) is 50.1. The van der Waals surface area contributed by atoms with Gasteiger partial charge in [-0.25, -0.2) is 29.9 Å². The monoisotopic (exact) mass is 913 g/mol. The predicted octanol–water partition coefficient (Wildman–Crippen LogP) is 16.5. The summed E-state index contributed by atoms with van der Waals surface area (Å²) in [5.41, 5.74) is 6.56. The van der Waals surface area contributed by atoms with E-state index in [0.29, 0.717) is 12.8 Å². The van der Waals surface area contributed by atoms with Crippen molar-refractivity contribution < 1.29 is 4.74 Å². The number of aromatic nitrogens is 6. The molecule has 0 aliphatic carbocycles. The molecule has 65 heavy (non-hydrogen) atoms. The second kappa shape index (κ2) is 28.6. The van der Waals surface area contributed by atoms with Gasteiger partial charge in [0.25, 0.3) is 0 Å². The van der Waals surface area contributed by atoms with Gasteiger partial charge in [0, 0.05) is 82.0 Å². The maximum absolute atomic E-state index is 6.99. The Kier molecular flexibility index (Phi) is 22.1. The van der Waals surface area contributed by atoms with Crippen molar-refractivity contribution in [3.8, 4) is 34.3 Å². The summed E-state index contributed by atoms with van der Waals surface area (Å²) in [7, 11) is 0. The standard InChI is InChI=1S/C56H76N6OS2/c1-5-9-11-13-15-17-19-21-23-27-43-37-59-55(60-38-43)45-29-31-51(47(33-45)35-49-41-57-53(64-49)25-7-3)63-52-32-30-46(34-48(52)36-50-42-58-54(65-50)26-8-4)56-61-39-44(40-62-56)28-24-22-20-18-16-14-12-10-6-2/h29-34,37-42H,5-28,35-36H2,1-4H3. The molecule has 0 fully saturated rings. The van der Waals surface area contributed by atoms with Crippen LogP contribution in [0.3, 0.4) is 0 Å². The molecule has 0 amide bonds.